The Balaban J connectivity index is 2.11. The number of nitrogens with zero attached hydrogens (tertiary/aromatic N) is 1. The molecule has 1 saturated heterocycles. The lowest BCUT2D eigenvalue weighted by molar-refractivity contribution is -0.140. The van der Waals surface area contributed by atoms with Gasteiger partial charge < -0.3 is 23.8 Å². The van der Waals surface area contributed by atoms with Gasteiger partial charge in [0.05, 0.1) is 21.3 Å². The Morgan fingerprint density at radius 2 is 1.50 bits per heavy atom. The standard InChI is InChI=1S/C19H27NO6/c1-12-7-6-8-13(2)20(12)18(21)11-26-19(22)14-9-16(24-4)17(25-5)10-15(14)23-3/h9-10,12-13H,6-8,11H2,1-5H3/t12-,13-/m0/s1. The molecule has 1 aliphatic rings. The van der Waals surface area contributed by atoms with Gasteiger partial charge in [-0.05, 0) is 33.1 Å². The van der Waals surface area contributed by atoms with Crippen molar-refractivity contribution in [2.24, 2.45) is 0 Å². The molecule has 0 saturated carbocycles. The highest BCUT2D eigenvalue weighted by Gasteiger charge is 2.30. The van der Waals surface area contributed by atoms with Crippen LogP contribution in [0.4, 0.5) is 0 Å². The summed E-state index contributed by atoms with van der Waals surface area (Å²) in [5.41, 5.74) is 0.178. The number of hydrogen-bond acceptors (Lipinski definition) is 6. The third kappa shape index (κ3) is 4.20. The molecule has 7 heteroatoms. The molecule has 7 nitrogen and oxygen atoms in total. The van der Waals surface area contributed by atoms with Gasteiger partial charge in [0.2, 0.25) is 0 Å². The van der Waals surface area contributed by atoms with E-state index in [2.05, 4.69) is 0 Å². The predicted octanol–water partition coefficient (Wildman–Crippen LogP) is 2.66. The van der Waals surface area contributed by atoms with Crippen molar-refractivity contribution in [2.45, 2.75) is 45.2 Å². The van der Waals surface area contributed by atoms with Crippen LogP contribution in [0.5, 0.6) is 17.2 Å². The third-order valence-corrected chi connectivity index (χ3v) is 4.73. The molecule has 1 aliphatic heterocycles. The molecule has 144 valence electrons. The molecule has 1 aromatic rings. The van der Waals surface area contributed by atoms with E-state index in [1.165, 1.54) is 27.4 Å². The number of ether oxygens (including phenoxy) is 4. The van der Waals surface area contributed by atoms with Gasteiger partial charge >= 0.3 is 5.97 Å². The number of benzene rings is 1. The zero-order chi connectivity index (χ0) is 19.3. The maximum Gasteiger partial charge on any atom is 0.342 e. The molecule has 2 rings (SSSR count). The molecule has 2 atom stereocenters. The number of amides is 1. The van der Waals surface area contributed by atoms with E-state index in [1.54, 1.807) is 6.07 Å². The number of methoxy groups -OCH3 is 3. The highest BCUT2D eigenvalue weighted by molar-refractivity contribution is 5.95. The monoisotopic (exact) mass is 365 g/mol. The second-order valence-corrected chi connectivity index (χ2v) is 6.41. The lowest BCUT2D eigenvalue weighted by Gasteiger charge is -2.38. The number of carbonyl (C=O) groups excluding carboxylic acids is 2. The largest absolute Gasteiger partial charge is 0.496 e. The summed E-state index contributed by atoms with van der Waals surface area (Å²) in [5, 5.41) is 0. The molecular weight excluding hydrogens is 338 g/mol. The van der Waals surface area contributed by atoms with Crippen LogP contribution in [0.1, 0.15) is 43.5 Å². The highest BCUT2D eigenvalue weighted by Crippen LogP contribution is 2.35. The van der Waals surface area contributed by atoms with Crippen LogP contribution in [0.3, 0.4) is 0 Å². The molecule has 1 heterocycles. The fraction of sp³-hybridized carbons (Fsp3) is 0.579. The summed E-state index contributed by atoms with van der Waals surface area (Å²) < 4.78 is 20.9. The Hall–Kier alpha value is -2.44. The summed E-state index contributed by atoms with van der Waals surface area (Å²) in [5.74, 6) is 0.281. The first kappa shape index (κ1) is 19.9. The van der Waals surface area contributed by atoms with Crippen molar-refractivity contribution >= 4 is 11.9 Å². The van der Waals surface area contributed by atoms with Gasteiger partial charge in [0.15, 0.2) is 18.1 Å². The topological polar surface area (TPSA) is 74.3 Å². The molecular formula is C19H27NO6. The van der Waals surface area contributed by atoms with Gasteiger partial charge in [-0.3, -0.25) is 4.79 Å². The van der Waals surface area contributed by atoms with Crippen LogP contribution in [0.2, 0.25) is 0 Å². The molecule has 0 unspecified atom stereocenters. The zero-order valence-corrected chi connectivity index (χ0v) is 16.0. The minimum absolute atomic E-state index is 0.153. The van der Waals surface area contributed by atoms with Crippen LogP contribution in [0.25, 0.3) is 0 Å². The van der Waals surface area contributed by atoms with E-state index in [-0.39, 0.29) is 30.2 Å². The van der Waals surface area contributed by atoms with Crippen LogP contribution in [-0.2, 0) is 9.53 Å². The Morgan fingerprint density at radius 1 is 0.962 bits per heavy atom. The summed E-state index contributed by atoms with van der Waals surface area (Å²) in [6.07, 6.45) is 3.04. The van der Waals surface area contributed by atoms with E-state index in [0.717, 1.165) is 19.3 Å². The number of likely N-dealkylation sites (tertiary alicyclic amines) is 1. The summed E-state index contributed by atoms with van der Waals surface area (Å²) in [4.78, 5) is 26.8. The zero-order valence-electron chi connectivity index (χ0n) is 16.0. The van der Waals surface area contributed by atoms with Gasteiger partial charge in [0.25, 0.3) is 5.91 Å². The summed E-state index contributed by atoms with van der Waals surface area (Å²) in [6.45, 7) is 3.74. The second-order valence-electron chi connectivity index (χ2n) is 6.41. The van der Waals surface area contributed by atoms with Gasteiger partial charge in [0, 0.05) is 24.2 Å². The van der Waals surface area contributed by atoms with Gasteiger partial charge in [-0.2, -0.15) is 0 Å². The second kappa shape index (κ2) is 8.78. The molecule has 0 N–H and O–H groups in total. The Morgan fingerprint density at radius 3 is 2.04 bits per heavy atom. The van der Waals surface area contributed by atoms with Crippen LogP contribution in [0.15, 0.2) is 12.1 Å². The quantitative estimate of drug-likeness (QED) is 0.722. The molecule has 0 aromatic heterocycles. The molecule has 1 fully saturated rings. The minimum Gasteiger partial charge on any atom is -0.496 e. The first-order chi connectivity index (χ1) is 12.4. The molecule has 0 bridgehead atoms. The van der Waals surface area contributed by atoms with Gasteiger partial charge in [-0.25, -0.2) is 4.79 Å². The fourth-order valence-electron chi connectivity index (χ4n) is 3.38. The van der Waals surface area contributed by atoms with E-state index < -0.39 is 5.97 Å². The minimum atomic E-state index is -0.645. The summed E-state index contributed by atoms with van der Waals surface area (Å²) in [6, 6.07) is 3.34. The molecule has 26 heavy (non-hydrogen) atoms. The van der Waals surface area contributed by atoms with Crippen molar-refractivity contribution < 1.29 is 28.5 Å². The molecule has 0 spiro atoms. The lowest BCUT2D eigenvalue weighted by atomic mass is 9.97. The van der Waals surface area contributed by atoms with Crippen molar-refractivity contribution in [2.75, 3.05) is 27.9 Å². The molecule has 0 aliphatic carbocycles. The van der Waals surface area contributed by atoms with E-state index in [0.29, 0.717) is 17.2 Å². The van der Waals surface area contributed by atoms with E-state index in [4.69, 9.17) is 18.9 Å². The van der Waals surface area contributed by atoms with Crippen molar-refractivity contribution in [3.05, 3.63) is 17.7 Å². The number of rotatable bonds is 6. The predicted molar refractivity (Wildman–Crippen MR) is 96.0 cm³/mol. The first-order valence-corrected chi connectivity index (χ1v) is 8.71. The van der Waals surface area contributed by atoms with Crippen LogP contribution in [-0.4, -0.2) is 56.8 Å². The Kier molecular flexibility index (Phi) is 6.71. The molecule has 0 radical (unpaired) electrons. The van der Waals surface area contributed by atoms with Crippen molar-refractivity contribution in [3.63, 3.8) is 0 Å². The first-order valence-electron chi connectivity index (χ1n) is 8.71. The fourth-order valence-corrected chi connectivity index (χ4v) is 3.38. The Labute approximate surface area is 154 Å². The van der Waals surface area contributed by atoms with Gasteiger partial charge in [-0.1, -0.05) is 0 Å². The number of hydrogen-bond donors (Lipinski definition) is 0. The maximum absolute atomic E-state index is 12.5. The number of piperidine rings is 1. The number of carbonyl (C=O) groups is 2. The number of esters is 1. The normalized spacial score (nSPS) is 19.7. The third-order valence-electron chi connectivity index (χ3n) is 4.73. The van der Waals surface area contributed by atoms with E-state index >= 15 is 0 Å². The van der Waals surface area contributed by atoms with Gasteiger partial charge in [-0.15, -0.1) is 0 Å². The highest BCUT2D eigenvalue weighted by atomic mass is 16.5. The average molecular weight is 365 g/mol. The van der Waals surface area contributed by atoms with E-state index in [9.17, 15) is 9.59 Å². The average Bonchev–Trinajstić information content (AvgIpc) is 2.64. The summed E-state index contributed by atoms with van der Waals surface area (Å²) in [7, 11) is 4.41. The van der Waals surface area contributed by atoms with Crippen molar-refractivity contribution in [1.29, 1.82) is 0 Å². The maximum atomic E-state index is 12.5. The van der Waals surface area contributed by atoms with Crippen molar-refractivity contribution in [3.8, 4) is 17.2 Å². The van der Waals surface area contributed by atoms with Crippen molar-refractivity contribution in [1.82, 2.24) is 4.90 Å². The Bertz CT molecular complexity index is 650. The van der Waals surface area contributed by atoms with Crippen LogP contribution in [0, 0.1) is 0 Å². The summed E-state index contributed by atoms with van der Waals surface area (Å²) >= 11 is 0. The molecule has 1 aromatic carbocycles. The SMILES string of the molecule is COc1cc(OC)c(C(=O)OCC(=O)N2[C@@H](C)CCC[C@@H]2C)cc1OC. The lowest BCUT2D eigenvalue weighted by Crippen LogP contribution is -2.49. The smallest absolute Gasteiger partial charge is 0.342 e. The van der Waals surface area contributed by atoms with E-state index in [1.807, 2.05) is 18.7 Å². The molecule has 1 amide bonds. The van der Waals surface area contributed by atoms with Gasteiger partial charge in [0.1, 0.15) is 11.3 Å². The van der Waals surface area contributed by atoms with Crippen LogP contribution < -0.4 is 14.2 Å². The van der Waals surface area contributed by atoms with Crippen LogP contribution >= 0.6 is 0 Å².